The fraction of sp³-hybridized carbons (Fsp3) is 0.150. The molecule has 2 amide bonds. The van der Waals surface area contributed by atoms with E-state index in [1.807, 2.05) is 0 Å². The molecule has 1 N–H and O–H groups in total. The molecule has 2 aromatic heterocycles. The minimum Gasteiger partial charge on any atom is -0.487 e. The molecule has 4 rings (SSSR count). The molecule has 0 radical (unpaired) electrons. The van der Waals surface area contributed by atoms with Crippen LogP contribution in [0.1, 0.15) is 10.6 Å². The number of aromatic nitrogens is 3. The summed E-state index contributed by atoms with van der Waals surface area (Å²) in [7, 11) is 1.39. The third kappa shape index (κ3) is 4.06. The van der Waals surface area contributed by atoms with Gasteiger partial charge in [0, 0.05) is 18.7 Å². The Morgan fingerprint density at radius 1 is 1.19 bits per heavy atom. The van der Waals surface area contributed by atoms with Crippen molar-refractivity contribution in [1.29, 1.82) is 0 Å². The maximum Gasteiger partial charge on any atom is 0.289 e. The maximum absolute atomic E-state index is 14.2. The molecule has 3 heterocycles. The van der Waals surface area contributed by atoms with Crippen molar-refractivity contribution < 1.29 is 27.5 Å². The van der Waals surface area contributed by atoms with Crippen molar-refractivity contribution in [2.24, 2.45) is 0 Å². The first-order chi connectivity index (χ1) is 15.2. The summed E-state index contributed by atoms with van der Waals surface area (Å²) in [6.45, 7) is -0.313. The molecule has 0 saturated heterocycles. The van der Waals surface area contributed by atoms with Crippen molar-refractivity contribution in [1.82, 2.24) is 20.3 Å². The first-order valence-corrected chi connectivity index (χ1v) is 9.47. The average Bonchev–Trinajstić information content (AvgIpc) is 2.87. The molecule has 3 aromatic rings. The highest BCUT2D eigenvalue weighted by Gasteiger charge is 2.32. The van der Waals surface area contributed by atoms with E-state index in [4.69, 9.17) is 16.3 Å². The Kier molecular flexibility index (Phi) is 5.66. The van der Waals surface area contributed by atoms with Crippen LogP contribution in [0.25, 0.3) is 11.3 Å². The van der Waals surface area contributed by atoms with Gasteiger partial charge in [0.1, 0.15) is 30.1 Å². The van der Waals surface area contributed by atoms with Crippen LogP contribution in [0.15, 0.2) is 36.7 Å². The number of carbonyl (C=O) groups is 2. The number of hydrogen-bond donors (Lipinski definition) is 1. The number of pyridine rings is 1. The second kappa shape index (κ2) is 8.42. The van der Waals surface area contributed by atoms with Crippen molar-refractivity contribution in [2.75, 3.05) is 18.6 Å². The van der Waals surface area contributed by atoms with Crippen LogP contribution < -0.4 is 15.0 Å². The highest BCUT2D eigenvalue weighted by molar-refractivity contribution is 6.33. The Bertz CT molecular complexity index is 1240. The van der Waals surface area contributed by atoms with Crippen LogP contribution in [0.4, 0.5) is 19.0 Å². The molecule has 12 heteroatoms. The highest BCUT2D eigenvalue weighted by Crippen LogP contribution is 2.30. The number of hydrogen-bond acceptors (Lipinski definition) is 6. The predicted octanol–water partition coefficient (Wildman–Crippen LogP) is 2.76. The van der Waals surface area contributed by atoms with Crippen LogP contribution in [0, 0.1) is 17.5 Å². The molecule has 8 nitrogen and oxygen atoms in total. The largest absolute Gasteiger partial charge is 0.487 e. The number of carbonyl (C=O) groups excluding carboxylic acids is 2. The van der Waals surface area contributed by atoms with E-state index in [1.54, 1.807) is 0 Å². The first kappa shape index (κ1) is 21.5. The Balaban J connectivity index is 1.59. The van der Waals surface area contributed by atoms with Crippen LogP contribution in [-0.4, -0.2) is 46.5 Å². The van der Waals surface area contributed by atoms with Gasteiger partial charge in [-0.15, -0.1) is 0 Å². The summed E-state index contributed by atoms with van der Waals surface area (Å²) in [5, 5.41) is 2.31. The van der Waals surface area contributed by atoms with Gasteiger partial charge >= 0.3 is 0 Å². The summed E-state index contributed by atoms with van der Waals surface area (Å²) in [4.78, 5) is 38.1. The van der Waals surface area contributed by atoms with Crippen LogP contribution in [0.2, 0.25) is 5.02 Å². The Labute approximate surface area is 184 Å². The number of ether oxygens (including phenoxy) is 1. The third-order valence-corrected chi connectivity index (χ3v) is 4.86. The SMILES string of the molecule is CN1C(=O)C(NC(=O)c2ncc(Cl)c(-c3cc(F)ccc3F)n2)COc2cc(F)cnc21. The van der Waals surface area contributed by atoms with E-state index in [0.29, 0.717) is 0 Å². The Morgan fingerprint density at radius 2 is 1.97 bits per heavy atom. The standard InChI is InChI=1S/C20H13ClF3N5O3/c1-29-18-15(5-10(23)6-26-18)32-8-14(20(29)31)27-19(30)17-25-7-12(21)16(28-17)11-4-9(22)2-3-13(11)24/h2-7,14H,8H2,1H3,(H,27,30). The molecule has 0 saturated carbocycles. The maximum atomic E-state index is 14.2. The summed E-state index contributed by atoms with van der Waals surface area (Å²) in [5.41, 5.74) is -0.458. The molecule has 1 aliphatic heterocycles. The number of nitrogens with zero attached hydrogens (tertiary/aromatic N) is 4. The van der Waals surface area contributed by atoms with Crippen molar-refractivity contribution >= 4 is 29.2 Å². The number of fused-ring (bicyclic) bond motifs is 1. The van der Waals surface area contributed by atoms with Crippen LogP contribution in [-0.2, 0) is 4.79 Å². The van der Waals surface area contributed by atoms with Gasteiger partial charge in [-0.05, 0) is 18.2 Å². The molecule has 0 spiro atoms. The third-order valence-electron chi connectivity index (χ3n) is 4.59. The van der Waals surface area contributed by atoms with Gasteiger partial charge in [0.25, 0.3) is 11.8 Å². The molecule has 0 fully saturated rings. The van der Waals surface area contributed by atoms with Gasteiger partial charge in [0.05, 0.1) is 23.1 Å². The lowest BCUT2D eigenvalue weighted by Gasteiger charge is -2.19. The second-order valence-corrected chi connectivity index (χ2v) is 7.13. The van der Waals surface area contributed by atoms with E-state index in [2.05, 4.69) is 20.3 Å². The number of anilines is 1. The summed E-state index contributed by atoms with van der Waals surface area (Å²) < 4.78 is 46.6. The van der Waals surface area contributed by atoms with E-state index in [1.165, 1.54) is 7.05 Å². The predicted molar refractivity (Wildman–Crippen MR) is 107 cm³/mol. The quantitative estimate of drug-likeness (QED) is 0.641. The van der Waals surface area contributed by atoms with Crippen molar-refractivity contribution in [3.8, 4) is 17.0 Å². The molecule has 0 bridgehead atoms. The fourth-order valence-electron chi connectivity index (χ4n) is 3.02. The molecule has 1 atom stereocenters. The Morgan fingerprint density at radius 3 is 2.75 bits per heavy atom. The number of likely N-dealkylation sites (N-methyl/N-ethyl adjacent to an activating group) is 1. The fourth-order valence-corrected chi connectivity index (χ4v) is 3.22. The van der Waals surface area contributed by atoms with Crippen molar-refractivity contribution in [3.05, 3.63) is 65.0 Å². The zero-order valence-electron chi connectivity index (χ0n) is 16.3. The molecular weight excluding hydrogens is 451 g/mol. The lowest BCUT2D eigenvalue weighted by molar-refractivity contribution is -0.120. The lowest BCUT2D eigenvalue weighted by atomic mass is 10.1. The Hall–Kier alpha value is -3.73. The van der Waals surface area contributed by atoms with E-state index in [-0.39, 0.29) is 34.5 Å². The van der Waals surface area contributed by atoms with Crippen LogP contribution in [0.3, 0.4) is 0 Å². The van der Waals surface area contributed by atoms with Crippen LogP contribution >= 0.6 is 11.6 Å². The molecule has 1 aliphatic rings. The summed E-state index contributed by atoms with van der Waals surface area (Å²) in [5.74, 6) is -3.97. The second-order valence-electron chi connectivity index (χ2n) is 6.72. The smallest absolute Gasteiger partial charge is 0.289 e. The van der Waals surface area contributed by atoms with Gasteiger partial charge in [0.2, 0.25) is 5.82 Å². The zero-order chi connectivity index (χ0) is 23.0. The number of nitrogens with one attached hydrogen (secondary N) is 1. The van der Waals surface area contributed by atoms with Gasteiger partial charge in [-0.1, -0.05) is 11.6 Å². The minimum atomic E-state index is -1.18. The average molecular weight is 464 g/mol. The molecule has 0 aliphatic carbocycles. The molecule has 1 unspecified atom stereocenters. The van der Waals surface area contributed by atoms with Gasteiger partial charge in [-0.2, -0.15) is 0 Å². The highest BCUT2D eigenvalue weighted by atomic mass is 35.5. The molecule has 32 heavy (non-hydrogen) atoms. The van der Waals surface area contributed by atoms with Crippen molar-refractivity contribution in [3.63, 3.8) is 0 Å². The zero-order valence-corrected chi connectivity index (χ0v) is 17.0. The normalized spacial score (nSPS) is 15.6. The molecular formula is C20H13ClF3N5O3. The van der Waals surface area contributed by atoms with E-state index in [9.17, 15) is 22.8 Å². The number of rotatable bonds is 3. The molecule has 1 aromatic carbocycles. The van der Waals surface area contributed by atoms with Gasteiger partial charge in [0.15, 0.2) is 11.6 Å². The summed E-state index contributed by atoms with van der Waals surface area (Å²) in [6.07, 6.45) is 1.99. The number of amides is 2. The lowest BCUT2D eigenvalue weighted by Crippen LogP contribution is -2.49. The molecule has 164 valence electrons. The van der Waals surface area contributed by atoms with E-state index >= 15 is 0 Å². The van der Waals surface area contributed by atoms with E-state index < -0.39 is 41.1 Å². The van der Waals surface area contributed by atoms with Crippen LogP contribution in [0.5, 0.6) is 5.75 Å². The van der Waals surface area contributed by atoms with Gasteiger partial charge in [-0.25, -0.2) is 28.1 Å². The topological polar surface area (TPSA) is 97.3 Å². The van der Waals surface area contributed by atoms with E-state index in [0.717, 1.165) is 41.6 Å². The summed E-state index contributed by atoms with van der Waals surface area (Å²) >= 11 is 6.02. The number of halogens is 4. The summed E-state index contributed by atoms with van der Waals surface area (Å²) in [6, 6.07) is 2.59. The van der Waals surface area contributed by atoms with Gasteiger partial charge in [-0.3, -0.25) is 14.5 Å². The first-order valence-electron chi connectivity index (χ1n) is 9.09. The number of benzene rings is 1. The van der Waals surface area contributed by atoms with Crippen molar-refractivity contribution in [2.45, 2.75) is 6.04 Å². The van der Waals surface area contributed by atoms with Gasteiger partial charge < -0.3 is 10.1 Å². The monoisotopic (exact) mass is 463 g/mol. The minimum absolute atomic E-state index is 0.0317.